The first-order chi connectivity index (χ1) is 10.5. The fraction of sp³-hybridized carbons (Fsp3) is 0.294. The van der Waals surface area contributed by atoms with E-state index in [1.165, 1.54) is 7.11 Å². The SMILES string of the molecule is COc1cc(CN(C)C[C@@H](O)c2ccccc2)cc(Br)c1O. The van der Waals surface area contributed by atoms with Gasteiger partial charge in [-0.1, -0.05) is 30.3 Å². The third-order valence-corrected chi connectivity index (χ3v) is 4.03. The minimum Gasteiger partial charge on any atom is -0.503 e. The van der Waals surface area contributed by atoms with Crippen LogP contribution in [0.1, 0.15) is 17.2 Å². The van der Waals surface area contributed by atoms with Crippen LogP contribution in [0.4, 0.5) is 0 Å². The molecular weight excluding hydrogens is 346 g/mol. The van der Waals surface area contributed by atoms with Gasteiger partial charge in [-0.15, -0.1) is 0 Å². The predicted octanol–water partition coefficient (Wildman–Crippen LogP) is 3.33. The van der Waals surface area contributed by atoms with E-state index in [1.807, 2.05) is 48.3 Å². The van der Waals surface area contributed by atoms with Crippen molar-refractivity contribution in [3.05, 3.63) is 58.1 Å². The number of rotatable bonds is 6. The average Bonchev–Trinajstić information content (AvgIpc) is 2.51. The van der Waals surface area contributed by atoms with Gasteiger partial charge in [0, 0.05) is 13.1 Å². The Balaban J connectivity index is 2.03. The molecule has 0 radical (unpaired) electrons. The molecule has 0 bridgehead atoms. The molecule has 5 heteroatoms. The van der Waals surface area contributed by atoms with Crippen LogP contribution in [0.2, 0.25) is 0 Å². The highest BCUT2D eigenvalue weighted by atomic mass is 79.9. The van der Waals surface area contributed by atoms with Crippen molar-refractivity contribution in [2.75, 3.05) is 20.7 Å². The van der Waals surface area contributed by atoms with Crippen LogP contribution in [0.25, 0.3) is 0 Å². The highest BCUT2D eigenvalue weighted by molar-refractivity contribution is 9.10. The number of aliphatic hydroxyl groups excluding tert-OH is 1. The van der Waals surface area contributed by atoms with Crippen molar-refractivity contribution in [3.63, 3.8) is 0 Å². The first kappa shape index (κ1) is 16.8. The topological polar surface area (TPSA) is 52.9 Å². The van der Waals surface area contributed by atoms with Crippen molar-refractivity contribution < 1.29 is 14.9 Å². The number of ether oxygens (including phenoxy) is 1. The maximum absolute atomic E-state index is 10.3. The Morgan fingerprint density at radius 3 is 2.55 bits per heavy atom. The molecule has 0 heterocycles. The molecule has 2 rings (SSSR count). The third kappa shape index (κ3) is 4.22. The van der Waals surface area contributed by atoms with Gasteiger partial charge in [0.15, 0.2) is 11.5 Å². The molecule has 2 aromatic rings. The number of aromatic hydroxyl groups is 1. The lowest BCUT2D eigenvalue weighted by atomic mass is 10.1. The molecule has 22 heavy (non-hydrogen) atoms. The predicted molar refractivity (Wildman–Crippen MR) is 90.1 cm³/mol. The summed E-state index contributed by atoms with van der Waals surface area (Å²) in [6.07, 6.45) is -0.534. The van der Waals surface area contributed by atoms with Gasteiger partial charge < -0.3 is 14.9 Å². The van der Waals surface area contributed by atoms with Gasteiger partial charge in [-0.2, -0.15) is 0 Å². The Morgan fingerprint density at radius 2 is 1.91 bits per heavy atom. The van der Waals surface area contributed by atoms with E-state index in [1.54, 1.807) is 6.07 Å². The summed E-state index contributed by atoms with van der Waals surface area (Å²) in [5.74, 6) is 0.527. The van der Waals surface area contributed by atoms with Gasteiger partial charge in [0.1, 0.15) is 0 Å². The minimum atomic E-state index is -0.534. The van der Waals surface area contributed by atoms with Crippen LogP contribution in [-0.2, 0) is 6.54 Å². The van der Waals surface area contributed by atoms with E-state index in [4.69, 9.17) is 4.74 Å². The lowest BCUT2D eigenvalue weighted by molar-refractivity contribution is 0.124. The number of benzene rings is 2. The number of hydrogen-bond donors (Lipinski definition) is 2. The maximum Gasteiger partial charge on any atom is 0.172 e. The number of hydrogen-bond acceptors (Lipinski definition) is 4. The third-order valence-electron chi connectivity index (χ3n) is 3.43. The Bertz CT molecular complexity index is 619. The summed E-state index contributed by atoms with van der Waals surface area (Å²) in [5, 5.41) is 20.1. The molecule has 0 saturated heterocycles. The number of aliphatic hydroxyl groups is 1. The highest BCUT2D eigenvalue weighted by Crippen LogP contribution is 2.35. The number of likely N-dealkylation sites (N-methyl/N-ethyl adjacent to an activating group) is 1. The first-order valence-electron chi connectivity index (χ1n) is 6.98. The normalized spacial score (nSPS) is 12.4. The van der Waals surface area contributed by atoms with E-state index < -0.39 is 6.10 Å². The molecule has 0 spiro atoms. The smallest absolute Gasteiger partial charge is 0.172 e. The minimum absolute atomic E-state index is 0.0956. The number of nitrogens with zero attached hydrogens (tertiary/aromatic N) is 1. The van der Waals surface area contributed by atoms with Crippen molar-refractivity contribution >= 4 is 15.9 Å². The van der Waals surface area contributed by atoms with Crippen LogP contribution in [0.5, 0.6) is 11.5 Å². The quantitative estimate of drug-likeness (QED) is 0.824. The molecule has 0 saturated carbocycles. The fourth-order valence-corrected chi connectivity index (χ4v) is 2.82. The Labute approximate surface area is 139 Å². The Morgan fingerprint density at radius 1 is 1.23 bits per heavy atom. The molecule has 1 atom stereocenters. The number of methoxy groups -OCH3 is 1. The van der Waals surface area contributed by atoms with Gasteiger partial charge in [-0.3, -0.25) is 4.90 Å². The molecule has 0 aromatic heterocycles. The van der Waals surface area contributed by atoms with Crippen LogP contribution >= 0.6 is 15.9 Å². The summed E-state index contributed by atoms with van der Waals surface area (Å²) < 4.78 is 5.75. The summed E-state index contributed by atoms with van der Waals surface area (Å²) in [6.45, 7) is 1.16. The zero-order valence-corrected chi connectivity index (χ0v) is 14.2. The van der Waals surface area contributed by atoms with Crippen LogP contribution in [-0.4, -0.2) is 35.8 Å². The van der Waals surface area contributed by atoms with Gasteiger partial charge >= 0.3 is 0 Å². The van der Waals surface area contributed by atoms with E-state index in [-0.39, 0.29) is 5.75 Å². The average molecular weight is 366 g/mol. The molecule has 2 N–H and O–H groups in total. The zero-order valence-electron chi connectivity index (χ0n) is 12.7. The second kappa shape index (κ2) is 7.63. The molecule has 0 aliphatic carbocycles. The molecule has 118 valence electrons. The lowest BCUT2D eigenvalue weighted by Crippen LogP contribution is -2.24. The van der Waals surface area contributed by atoms with Gasteiger partial charge in [0.05, 0.1) is 17.7 Å². The number of phenols is 1. The molecule has 2 aromatic carbocycles. The van der Waals surface area contributed by atoms with Crippen LogP contribution in [0, 0.1) is 0 Å². The highest BCUT2D eigenvalue weighted by Gasteiger charge is 2.13. The Kier molecular flexibility index (Phi) is 5.83. The Hall–Kier alpha value is -1.56. The van der Waals surface area contributed by atoms with E-state index in [2.05, 4.69) is 15.9 Å². The largest absolute Gasteiger partial charge is 0.503 e. The van der Waals surface area contributed by atoms with Crippen molar-refractivity contribution in [1.29, 1.82) is 0 Å². The van der Waals surface area contributed by atoms with Crippen molar-refractivity contribution in [2.45, 2.75) is 12.6 Å². The number of halogens is 1. The molecule has 0 unspecified atom stereocenters. The summed E-state index contributed by atoms with van der Waals surface area (Å²) in [7, 11) is 3.47. The van der Waals surface area contributed by atoms with E-state index in [9.17, 15) is 10.2 Å². The van der Waals surface area contributed by atoms with Crippen LogP contribution in [0.3, 0.4) is 0 Å². The van der Waals surface area contributed by atoms with Crippen molar-refractivity contribution in [3.8, 4) is 11.5 Å². The fourth-order valence-electron chi connectivity index (χ4n) is 2.33. The second-order valence-corrected chi connectivity index (χ2v) is 6.11. The van der Waals surface area contributed by atoms with Gasteiger partial charge in [0.25, 0.3) is 0 Å². The monoisotopic (exact) mass is 365 g/mol. The summed E-state index contributed by atoms with van der Waals surface area (Å²) in [6, 6.07) is 13.2. The van der Waals surface area contributed by atoms with Gasteiger partial charge in [-0.05, 0) is 46.2 Å². The van der Waals surface area contributed by atoms with Crippen LogP contribution in [0.15, 0.2) is 46.9 Å². The lowest BCUT2D eigenvalue weighted by Gasteiger charge is -2.21. The molecule has 0 aliphatic rings. The molecule has 4 nitrogen and oxygen atoms in total. The molecule has 0 aliphatic heterocycles. The summed E-state index contributed by atoms with van der Waals surface area (Å²) in [4.78, 5) is 2.02. The maximum atomic E-state index is 10.3. The van der Waals surface area contributed by atoms with Crippen molar-refractivity contribution in [2.24, 2.45) is 0 Å². The molecular formula is C17H20BrNO3. The van der Waals surface area contributed by atoms with E-state index >= 15 is 0 Å². The zero-order chi connectivity index (χ0) is 16.1. The summed E-state index contributed by atoms with van der Waals surface area (Å²) in [5.41, 5.74) is 1.89. The first-order valence-corrected chi connectivity index (χ1v) is 7.77. The molecule has 0 amide bonds. The van der Waals surface area contributed by atoms with E-state index in [0.717, 1.165) is 11.1 Å². The summed E-state index contributed by atoms with van der Waals surface area (Å²) >= 11 is 3.32. The molecule has 0 fully saturated rings. The standard InChI is InChI=1S/C17H20BrNO3/c1-19(11-15(20)13-6-4-3-5-7-13)10-12-8-14(18)17(21)16(9-12)22-2/h3-9,15,20-21H,10-11H2,1-2H3/t15-/m1/s1. The van der Waals surface area contributed by atoms with Gasteiger partial charge in [-0.25, -0.2) is 0 Å². The van der Waals surface area contributed by atoms with Gasteiger partial charge in [0.2, 0.25) is 0 Å². The van der Waals surface area contributed by atoms with Crippen molar-refractivity contribution in [1.82, 2.24) is 4.90 Å². The van der Waals surface area contributed by atoms with E-state index in [0.29, 0.717) is 23.3 Å². The van der Waals surface area contributed by atoms with Crippen LogP contribution < -0.4 is 4.74 Å². The number of phenolic OH excluding ortho intramolecular Hbond substituents is 1. The second-order valence-electron chi connectivity index (χ2n) is 5.25.